The van der Waals surface area contributed by atoms with Crippen LogP contribution < -0.4 is 14.5 Å². The first kappa shape index (κ1) is 17.8. The van der Waals surface area contributed by atoms with Crippen LogP contribution in [-0.4, -0.2) is 36.7 Å². The summed E-state index contributed by atoms with van der Waals surface area (Å²) in [5.41, 5.74) is 1.13. The number of nitrogens with one attached hydrogen (secondary N) is 2. The minimum absolute atomic E-state index is 0. The molecule has 24 heavy (non-hydrogen) atoms. The van der Waals surface area contributed by atoms with E-state index in [1.807, 2.05) is 0 Å². The summed E-state index contributed by atoms with van der Waals surface area (Å²) in [7, 11) is -2.19. The third-order valence-electron chi connectivity index (χ3n) is 3.09. The molecule has 0 fully saturated rings. The molecule has 2 N–H and O–H groups in total. The van der Waals surface area contributed by atoms with Gasteiger partial charge in [0, 0.05) is 12.3 Å². The Balaban J connectivity index is 0.00000208. The summed E-state index contributed by atoms with van der Waals surface area (Å²) in [5, 5.41) is 0. The number of methoxy groups -OCH3 is 1. The van der Waals surface area contributed by atoms with Gasteiger partial charge in [-0.1, -0.05) is 0 Å². The quantitative estimate of drug-likeness (QED) is 0.674. The summed E-state index contributed by atoms with van der Waals surface area (Å²) in [6.45, 7) is 0. The van der Waals surface area contributed by atoms with Gasteiger partial charge in [0.05, 0.1) is 24.4 Å². The number of aromatic nitrogens is 3. The van der Waals surface area contributed by atoms with E-state index in [2.05, 4.69) is 15.0 Å². The van der Waals surface area contributed by atoms with E-state index in [-0.39, 0.29) is 29.2 Å². The van der Waals surface area contributed by atoms with Crippen LogP contribution in [0, 0.1) is 0 Å². The van der Waals surface area contributed by atoms with Crippen LogP contribution >= 0.6 is 12.4 Å². The molecule has 0 radical (unpaired) electrons. The second kappa shape index (κ2) is 6.54. The first-order valence-electron chi connectivity index (χ1n) is 6.52. The van der Waals surface area contributed by atoms with Crippen molar-refractivity contribution in [3.63, 3.8) is 0 Å². The Kier molecular flexibility index (Phi) is 4.86. The van der Waals surface area contributed by atoms with Crippen molar-refractivity contribution in [2.24, 2.45) is 0 Å². The van der Waals surface area contributed by atoms with Gasteiger partial charge in [-0.25, -0.2) is 4.98 Å². The third kappa shape index (κ3) is 3.52. The topological polar surface area (TPSA) is 114 Å². The van der Waals surface area contributed by atoms with Gasteiger partial charge in [-0.05, 0) is 18.2 Å². The lowest BCUT2D eigenvalue weighted by atomic mass is 10.2. The fraction of sp³-hybridized carbons (Fsp3) is 0.143. The number of rotatable bonds is 4. The Bertz CT molecular complexity index is 1040. The maximum atomic E-state index is 11.7. The zero-order valence-corrected chi connectivity index (χ0v) is 14.3. The van der Waals surface area contributed by atoms with Crippen molar-refractivity contribution in [3.05, 3.63) is 40.8 Å². The summed E-state index contributed by atoms with van der Waals surface area (Å²) in [4.78, 5) is 21.6. The number of halogens is 1. The summed E-state index contributed by atoms with van der Waals surface area (Å²) in [5.74, 6) is 0.920. The predicted molar refractivity (Wildman–Crippen MR) is 91.4 cm³/mol. The van der Waals surface area contributed by atoms with Crippen LogP contribution in [0.25, 0.3) is 22.4 Å². The zero-order chi connectivity index (χ0) is 16.6. The Labute approximate surface area is 143 Å². The molecule has 0 saturated heterocycles. The first-order valence-corrected chi connectivity index (χ1v) is 8.34. The maximum absolute atomic E-state index is 11.7. The number of fused-ring (bicyclic) bond motifs is 1. The van der Waals surface area contributed by atoms with Gasteiger partial charge >= 0.3 is 10.1 Å². The molecule has 1 aromatic carbocycles. The molecule has 0 atom stereocenters. The van der Waals surface area contributed by atoms with Gasteiger partial charge in [-0.15, -0.1) is 12.4 Å². The Morgan fingerprint density at radius 1 is 1.21 bits per heavy atom. The average Bonchev–Trinajstić information content (AvgIpc) is 2.90. The van der Waals surface area contributed by atoms with Crippen LogP contribution in [0.2, 0.25) is 0 Å². The highest BCUT2D eigenvalue weighted by atomic mass is 35.5. The van der Waals surface area contributed by atoms with Crippen molar-refractivity contribution in [2.75, 3.05) is 13.4 Å². The summed E-state index contributed by atoms with van der Waals surface area (Å²) in [6.07, 6.45) is 2.48. The molecule has 0 bridgehead atoms. The molecule has 3 rings (SSSR count). The van der Waals surface area contributed by atoms with Gasteiger partial charge in [0.15, 0.2) is 5.52 Å². The fourth-order valence-electron chi connectivity index (χ4n) is 2.17. The lowest BCUT2D eigenvalue weighted by Gasteiger charge is -2.09. The van der Waals surface area contributed by atoms with Crippen LogP contribution in [0.15, 0.2) is 35.3 Å². The summed E-state index contributed by atoms with van der Waals surface area (Å²) in [6, 6.07) is 6.22. The standard InChI is InChI=1S/C14H13N3O5S.ClH/c1-21-11-7-8(22-23(2,19)20)3-4-9(11)13-16-10-5-6-15-14(18)12(10)17-13;/h3-7H,1-2H3,(H,15,18)(H,16,17);1H. The van der Waals surface area contributed by atoms with E-state index in [1.54, 1.807) is 12.1 Å². The van der Waals surface area contributed by atoms with Crippen molar-refractivity contribution in [3.8, 4) is 22.9 Å². The molecule has 0 unspecified atom stereocenters. The van der Waals surface area contributed by atoms with Crippen molar-refractivity contribution in [2.45, 2.75) is 0 Å². The second-order valence-corrected chi connectivity index (χ2v) is 6.38. The van der Waals surface area contributed by atoms with Crippen LogP contribution in [0.5, 0.6) is 11.5 Å². The largest absolute Gasteiger partial charge is 0.496 e. The van der Waals surface area contributed by atoms with Crippen LogP contribution in [0.4, 0.5) is 0 Å². The molecule has 10 heteroatoms. The minimum Gasteiger partial charge on any atom is -0.496 e. The highest BCUT2D eigenvalue weighted by molar-refractivity contribution is 7.86. The number of imidazole rings is 1. The number of H-pyrrole nitrogens is 2. The monoisotopic (exact) mass is 371 g/mol. The number of ether oxygens (including phenoxy) is 1. The van der Waals surface area contributed by atoms with Gasteiger partial charge in [-0.2, -0.15) is 8.42 Å². The lowest BCUT2D eigenvalue weighted by Crippen LogP contribution is -2.06. The van der Waals surface area contributed by atoms with E-state index < -0.39 is 10.1 Å². The molecule has 128 valence electrons. The van der Waals surface area contributed by atoms with Crippen LogP contribution in [-0.2, 0) is 10.1 Å². The lowest BCUT2D eigenvalue weighted by molar-refractivity contribution is 0.413. The molecule has 0 spiro atoms. The number of pyridine rings is 1. The zero-order valence-electron chi connectivity index (χ0n) is 12.7. The number of aromatic amines is 2. The molecule has 8 nitrogen and oxygen atoms in total. The highest BCUT2D eigenvalue weighted by Crippen LogP contribution is 2.32. The summed E-state index contributed by atoms with van der Waals surface area (Å²) >= 11 is 0. The smallest absolute Gasteiger partial charge is 0.306 e. The number of hydrogen-bond acceptors (Lipinski definition) is 6. The molecule has 0 saturated carbocycles. The molecule has 0 aliphatic carbocycles. The van der Waals surface area contributed by atoms with Gasteiger partial charge < -0.3 is 18.9 Å². The average molecular weight is 372 g/mol. The molecular weight excluding hydrogens is 358 g/mol. The van der Waals surface area contributed by atoms with Gasteiger partial charge in [-0.3, -0.25) is 4.79 Å². The molecule has 2 aromatic heterocycles. The fourth-order valence-corrected chi connectivity index (χ4v) is 2.62. The first-order chi connectivity index (χ1) is 10.9. The second-order valence-electron chi connectivity index (χ2n) is 4.80. The number of nitrogens with zero attached hydrogens (tertiary/aromatic N) is 1. The van der Waals surface area contributed by atoms with Crippen molar-refractivity contribution < 1.29 is 17.3 Å². The number of benzene rings is 1. The van der Waals surface area contributed by atoms with Crippen molar-refractivity contribution in [1.82, 2.24) is 15.0 Å². The predicted octanol–water partition coefficient (Wildman–Crippen LogP) is 1.69. The number of hydrogen-bond donors (Lipinski definition) is 2. The van der Waals surface area contributed by atoms with E-state index in [0.717, 1.165) is 6.26 Å². The molecular formula is C14H14ClN3O5S. The van der Waals surface area contributed by atoms with Gasteiger partial charge in [0.25, 0.3) is 5.56 Å². The highest BCUT2D eigenvalue weighted by Gasteiger charge is 2.14. The Hall–Kier alpha value is -2.52. The van der Waals surface area contributed by atoms with Crippen molar-refractivity contribution >= 4 is 33.6 Å². The molecule has 2 heterocycles. The van der Waals surface area contributed by atoms with E-state index in [0.29, 0.717) is 22.7 Å². The van der Waals surface area contributed by atoms with Crippen molar-refractivity contribution in [1.29, 1.82) is 0 Å². The van der Waals surface area contributed by atoms with Crippen LogP contribution in [0.3, 0.4) is 0 Å². The Morgan fingerprint density at radius 2 is 1.96 bits per heavy atom. The maximum Gasteiger partial charge on any atom is 0.306 e. The van der Waals surface area contributed by atoms with E-state index in [9.17, 15) is 13.2 Å². The van der Waals surface area contributed by atoms with Gasteiger partial charge in [0.1, 0.15) is 17.3 Å². The van der Waals surface area contributed by atoms with Crippen LogP contribution in [0.1, 0.15) is 0 Å². The van der Waals surface area contributed by atoms with E-state index >= 15 is 0 Å². The SMILES string of the molecule is COc1cc(OS(C)(=O)=O)ccc1-c1nc2c(=O)[nH]ccc2[nH]1.Cl. The normalized spacial score (nSPS) is 11.1. The van der Waals surface area contributed by atoms with Gasteiger partial charge in [0.2, 0.25) is 0 Å². The molecule has 3 aromatic rings. The molecule has 0 amide bonds. The van der Waals surface area contributed by atoms with E-state index in [4.69, 9.17) is 8.92 Å². The summed E-state index contributed by atoms with van der Waals surface area (Å²) < 4.78 is 32.5. The minimum atomic E-state index is -3.63. The Morgan fingerprint density at radius 3 is 2.58 bits per heavy atom. The third-order valence-corrected chi connectivity index (χ3v) is 3.58. The molecule has 0 aliphatic rings. The molecule has 0 aliphatic heterocycles. The van der Waals surface area contributed by atoms with E-state index in [1.165, 1.54) is 25.4 Å².